The summed E-state index contributed by atoms with van der Waals surface area (Å²) in [6, 6.07) is 1.92. The molecule has 1 aromatic rings. The van der Waals surface area contributed by atoms with Gasteiger partial charge in [0.25, 0.3) is 0 Å². The predicted octanol–water partition coefficient (Wildman–Crippen LogP) is 4.08. The van der Waals surface area contributed by atoms with E-state index < -0.39 is 0 Å². The molecule has 0 amide bonds. The van der Waals surface area contributed by atoms with E-state index in [4.69, 9.17) is 11.6 Å². The Balaban J connectivity index is 2.59. The van der Waals surface area contributed by atoms with Gasteiger partial charge in [0.2, 0.25) is 0 Å². The SMILES string of the molecule is CC(C)C(CNc1ccncc1Cl)C(C)C. The van der Waals surface area contributed by atoms with Crippen molar-refractivity contribution < 1.29 is 0 Å². The number of pyridine rings is 1. The van der Waals surface area contributed by atoms with Crippen molar-refractivity contribution in [1.29, 1.82) is 0 Å². The maximum Gasteiger partial charge on any atom is 0.0820 e. The summed E-state index contributed by atoms with van der Waals surface area (Å²) in [5.41, 5.74) is 0.975. The number of halogens is 1. The molecule has 0 spiro atoms. The second-order valence-electron chi connectivity index (χ2n) is 4.89. The number of hydrogen-bond acceptors (Lipinski definition) is 2. The van der Waals surface area contributed by atoms with Gasteiger partial charge in [0.05, 0.1) is 10.7 Å². The largest absolute Gasteiger partial charge is 0.383 e. The first kappa shape index (κ1) is 13.3. The molecule has 0 saturated heterocycles. The van der Waals surface area contributed by atoms with Gasteiger partial charge >= 0.3 is 0 Å². The molecule has 0 radical (unpaired) electrons. The summed E-state index contributed by atoms with van der Waals surface area (Å²) in [6.45, 7) is 10.0. The normalized spacial score (nSPS) is 11.5. The summed E-state index contributed by atoms with van der Waals surface area (Å²) in [5.74, 6) is 2.01. The molecule has 3 heteroatoms. The van der Waals surface area contributed by atoms with Crippen LogP contribution in [0, 0.1) is 17.8 Å². The Kier molecular flexibility index (Phi) is 5.07. The van der Waals surface area contributed by atoms with Crippen LogP contribution in [0.5, 0.6) is 0 Å². The third kappa shape index (κ3) is 3.67. The second kappa shape index (κ2) is 6.09. The number of rotatable bonds is 5. The highest BCUT2D eigenvalue weighted by atomic mass is 35.5. The molecule has 90 valence electrons. The lowest BCUT2D eigenvalue weighted by Crippen LogP contribution is -2.24. The summed E-state index contributed by atoms with van der Waals surface area (Å²) in [7, 11) is 0. The average molecular weight is 241 g/mol. The zero-order chi connectivity index (χ0) is 12.1. The number of hydrogen-bond donors (Lipinski definition) is 1. The first-order valence-electron chi connectivity index (χ1n) is 5.85. The zero-order valence-electron chi connectivity index (χ0n) is 10.5. The minimum Gasteiger partial charge on any atom is -0.383 e. The molecule has 0 aliphatic rings. The van der Waals surface area contributed by atoms with Crippen molar-refractivity contribution in [3.05, 3.63) is 23.5 Å². The first-order chi connectivity index (χ1) is 7.52. The van der Waals surface area contributed by atoms with Gasteiger partial charge < -0.3 is 5.32 Å². The van der Waals surface area contributed by atoms with E-state index in [0.717, 1.165) is 12.2 Å². The van der Waals surface area contributed by atoms with Crippen LogP contribution >= 0.6 is 11.6 Å². The van der Waals surface area contributed by atoms with E-state index in [1.54, 1.807) is 12.4 Å². The molecule has 1 heterocycles. The van der Waals surface area contributed by atoms with Crippen LogP contribution in [0.1, 0.15) is 27.7 Å². The predicted molar refractivity (Wildman–Crippen MR) is 70.9 cm³/mol. The van der Waals surface area contributed by atoms with E-state index >= 15 is 0 Å². The highest BCUT2D eigenvalue weighted by molar-refractivity contribution is 6.33. The standard InChI is InChI=1S/C13H21ClN2/c1-9(2)11(10(3)4)7-16-13-5-6-15-8-12(13)14/h5-6,8-11H,7H2,1-4H3,(H,15,16). The van der Waals surface area contributed by atoms with Crippen molar-refractivity contribution in [1.82, 2.24) is 4.98 Å². The van der Waals surface area contributed by atoms with Gasteiger partial charge in [-0.25, -0.2) is 0 Å². The summed E-state index contributed by atoms with van der Waals surface area (Å²) in [4.78, 5) is 3.97. The van der Waals surface area contributed by atoms with Crippen molar-refractivity contribution >= 4 is 17.3 Å². The lowest BCUT2D eigenvalue weighted by Gasteiger charge is -2.25. The van der Waals surface area contributed by atoms with E-state index in [0.29, 0.717) is 22.8 Å². The topological polar surface area (TPSA) is 24.9 Å². The Hall–Kier alpha value is -0.760. The van der Waals surface area contributed by atoms with Crippen LogP contribution in [0.3, 0.4) is 0 Å². The highest BCUT2D eigenvalue weighted by Gasteiger charge is 2.17. The number of anilines is 1. The molecule has 0 aliphatic heterocycles. The first-order valence-corrected chi connectivity index (χ1v) is 6.23. The molecular formula is C13H21ClN2. The van der Waals surface area contributed by atoms with Crippen molar-refractivity contribution in [2.45, 2.75) is 27.7 Å². The van der Waals surface area contributed by atoms with Gasteiger partial charge in [0.1, 0.15) is 0 Å². The summed E-state index contributed by atoms with van der Waals surface area (Å²) >= 11 is 6.04. The van der Waals surface area contributed by atoms with Crippen molar-refractivity contribution in [3.8, 4) is 0 Å². The van der Waals surface area contributed by atoms with Crippen molar-refractivity contribution in [3.63, 3.8) is 0 Å². The minimum atomic E-state index is 0.657. The molecule has 1 N–H and O–H groups in total. The number of nitrogens with zero attached hydrogens (tertiary/aromatic N) is 1. The lowest BCUT2D eigenvalue weighted by molar-refractivity contribution is 0.304. The Morgan fingerprint density at radius 3 is 2.38 bits per heavy atom. The van der Waals surface area contributed by atoms with Crippen LogP contribution in [-0.4, -0.2) is 11.5 Å². The summed E-state index contributed by atoms with van der Waals surface area (Å²) in [5, 5.41) is 4.09. The maximum absolute atomic E-state index is 6.04. The van der Waals surface area contributed by atoms with E-state index in [-0.39, 0.29) is 0 Å². The number of nitrogens with one attached hydrogen (secondary N) is 1. The van der Waals surface area contributed by atoms with Gasteiger partial charge in [-0.3, -0.25) is 4.98 Å². The van der Waals surface area contributed by atoms with Gasteiger partial charge in [-0.2, -0.15) is 0 Å². The van der Waals surface area contributed by atoms with E-state index in [1.165, 1.54) is 0 Å². The smallest absolute Gasteiger partial charge is 0.0820 e. The minimum absolute atomic E-state index is 0.657. The Morgan fingerprint density at radius 2 is 1.88 bits per heavy atom. The molecule has 0 atom stereocenters. The second-order valence-corrected chi connectivity index (χ2v) is 5.30. The average Bonchev–Trinajstić information content (AvgIpc) is 2.20. The molecule has 0 unspecified atom stereocenters. The van der Waals surface area contributed by atoms with Crippen LogP contribution in [0.25, 0.3) is 0 Å². The molecule has 1 rings (SSSR count). The van der Waals surface area contributed by atoms with Gasteiger partial charge in [-0.15, -0.1) is 0 Å². The van der Waals surface area contributed by atoms with Crippen LogP contribution in [0.15, 0.2) is 18.5 Å². The van der Waals surface area contributed by atoms with Gasteiger partial charge in [0.15, 0.2) is 0 Å². The van der Waals surface area contributed by atoms with E-state index in [2.05, 4.69) is 38.0 Å². The van der Waals surface area contributed by atoms with Crippen LogP contribution in [0.2, 0.25) is 5.02 Å². The van der Waals surface area contributed by atoms with Crippen molar-refractivity contribution in [2.24, 2.45) is 17.8 Å². The molecule has 0 aliphatic carbocycles. The lowest BCUT2D eigenvalue weighted by atomic mass is 9.85. The highest BCUT2D eigenvalue weighted by Crippen LogP contribution is 2.24. The van der Waals surface area contributed by atoms with Crippen molar-refractivity contribution in [2.75, 3.05) is 11.9 Å². The Bertz CT molecular complexity index is 315. The van der Waals surface area contributed by atoms with Crippen LogP contribution in [0.4, 0.5) is 5.69 Å². The van der Waals surface area contributed by atoms with Gasteiger partial charge in [-0.1, -0.05) is 39.3 Å². The van der Waals surface area contributed by atoms with Crippen LogP contribution < -0.4 is 5.32 Å². The Morgan fingerprint density at radius 1 is 1.25 bits per heavy atom. The van der Waals surface area contributed by atoms with Gasteiger partial charge in [0, 0.05) is 18.9 Å². The molecular weight excluding hydrogens is 220 g/mol. The molecule has 16 heavy (non-hydrogen) atoms. The molecule has 0 bridgehead atoms. The third-order valence-electron chi connectivity index (χ3n) is 3.01. The maximum atomic E-state index is 6.04. The summed E-state index contributed by atoms with van der Waals surface area (Å²) < 4.78 is 0. The fraction of sp³-hybridized carbons (Fsp3) is 0.615. The van der Waals surface area contributed by atoms with E-state index in [9.17, 15) is 0 Å². The molecule has 1 aromatic heterocycles. The van der Waals surface area contributed by atoms with E-state index in [1.807, 2.05) is 6.07 Å². The zero-order valence-corrected chi connectivity index (χ0v) is 11.3. The molecule has 0 fully saturated rings. The fourth-order valence-electron chi connectivity index (χ4n) is 1.99. The number of aromatic nitrogens is 1. The fourth-order valence-corrected chi connectivity index (χ4v) is 2.17. The van der Waals surface area contributed by atoms with Crippen LogP contribution in [-0.2, 0) is 0 Å². The monoisotopic (exact) mass is 240 g/mol. The molecule has 0 saturated carbocycles. The van der Waals surface area contributed by atoms with Gasteiger partial charge in [-0.05, 0) is 23.8 Å². The Labute approximate surface area is 103 Å². The third-order valence-corrected chi connectivity index (χ3v) is 3.31. The molecule has 0 aromatic carbocycles. The quantitative estimate of drug-likeness (QED) is 0.839. The molecule has 2 nitrogen and oxygen atoms in total. The summed E-state index contributed by atoms with van der Waals surface area (Å²) in [6.07, 6.45) is 3.43.